The number of nitriles is 1. The summed E-state index contributed by atoms with van der Waals surface area (Å²) in [6, 6.07) is 14.0. The molecule has 0 amide bonds. The van der Waals surface area contributed by atoms with Crippen LogP contribution in [0.15, 0.2) is 48.5 Å². The number of halogens is 3. The fourth-order valence-corrected chi connectivity index (χ4v) is 5.39. The minimum absolute atomic E-state index is 0.0350. The molecule has 234 valence electrons. The van der Waals surface area contributed by atoms with Crippen molar-refractivity contribution >= 4 is 22.8 Å². The molecule has 1 N–H and O–H groups in total. The van der Waals surface area contributed by atoms with E-state index in [9.17, 15) is 23.1 Å². The molecule has 0 aliphatic carbocycles. The lowest BCUT2D eigenvalue weighted by Gasteiger charge is -2.35. The molecule has 2 aromatic carbocycles. The summed E-state index contributed by atoms with van der Waals surface area (Å²) in [7, 11) is 0. The van der Waals surface area contributed by atoms with Crippen molar-refractivity contribution in [3.63, 3.8) is 0 Å². The molecule has 0 unspecified atom stereocenters. The van der Waals surface area contributed by atoms with Gasteiger partial charge in [-0.2, -0.15) is 19.0 Å². The van der Waals surface area contributed by atoms with Crippen LogP contribution >= 0.6 is 0 Å². The largest absolute Gasteiger partial charge is 0.478 e. The van der Waals surface area contributed by atoms with Crippen molar-refractivity contribution in [1.82, 2.24) is 19.4 Å². The second kappa shape index (κ2) is 13.0. The van der Waals surface area contributed by atoms with Crippen molar-refractivity contribution < 1.29 is 37.3 Å². The second-order valence-electron chi connectivity index (χ2n) is 10.7. The average molecular weight is 623 g/mol. The van der Waals surface area contributed by atoms with Crippen LogP contribution in [0.1, 0.15) is 33.7 Å². The number of fused-ring (bicyclic) bond motifs is 1. The Bertz CT molecular complexity index is 1750. The van der Waals surface area contributed by atoms with E-state index in [0.29, 0.717) is 74.5 Å². The van der Waals surface area contributed by atoms with Crippen LogP contribution in [0.4, 0.5) is 19.0 Å². The summed E-state index contributed by atoms with van der Waals surface area (Å²) >= 11 is 0. The van der Waals surface area contributed by atoms with Crippen molar-refractivity contribution in [3.8, 4) is 17.7 Å². The van der Waals surface area contributed by atoms with Gasteiger partial charge in [0.2, 0.25) is 5.88 Å². The highest BCUT2D eigenvalue weighted by molar-refractivity contribution is 5.95. The molecule has 2 aliphatic heterocycles. The molecule has 2 aromatic heterocycles. The number of hydrogen-bond acceptors (Lipinski definition) is 9. The number of carbonyl (C=O) groups is 1. The molecule has 0 radical (unpaired) electrons. The third-order valence-electron chi connectivity index (χ3n) is 7.87. The molecule has 11 nitrogen and oxygen atoms in total. The summed E-state index contributed by atoms with van der Waals surface area (Å²) in [4.78, 5) is 25.3. The normalized spacial score (nSPS) is 16.9. The number of alkyl halides is 2. The molecule has 45 heavy (non-hydrogen) atoms. The predicted octanol–water partition coefficient (Wildman–Crippen LogP) is 4.43. The first kappa shape index (κ1) is 30.2. The fraction of sp³-hybridized carbons (Fsp3) is 0.355. The molecular weight excluding hydrogens is 593 g/mol. The number of imidazole rings is 1. The van der Waals surface area contributed by atoms with Gasteiger partial charge in [0.15, 0.2) is 5.75 Å². The molecule has 4 heterocycles. The molecule has 4 aromatic rings. The maximum absolute atomic E-state index is 14.3. The van der Waals surface area contributed by atoms with Crippen LogP contribution in [0.2, 0.25) is 0 Å². The van der Waals surface area contributed by atoms with E-state index in [1.54, 1.807) is 6.07 Å². The SMILES string of the molecule is N#Cc1ccc(COc2cccc(N3CCN(Cc4nc5c(OC(F)F)cc(C(=O)O)cc5n4C[C@@H]4CCO4)CC3)n2)c(F)c1. The van der Waals surface area contributed by atoms with Gasteiger partial charge < -0.3 is 28.8 Å². The number of pyridine rings is 1. The maximum Gasteiger partial charge on any atom is 0.387 e. The maximum atomic E-state index is 14.3. The molecule has 14 heteroatoms. The highest BCUT2D eigenvalue weighted by Gasteiger charge is 2.27. The molecular formula is C31H29F3N6O5. The highest BCUT2D eigenvalue weighted by atomic mass is 19.3. The Morgan fingerprint density at radius 2 is 1.93 bits per heavy atom. The molecule has 1 atom stereocenters. The van der Waals surface area contributed by atoms with Crippen molar-refractivity contribution in [2.45, 2.75) is 38.8 Å². The van der Waals surface area contributed by atoms with Gasteiger partial charge >= 0.3 is 12.6 Å². The first-order chi connectivity index (χ1) is 21.8. The Kier molecular flexibility index (Phi) is 8.72. The van der Waals surface area contributed by atoms with Crippen LogP contribution in [0.25, 0.3) is 11.0 Å². The number of nitrogens with zero attached hydrogens (tertiary/aromatic N) is 6. The van der Waals surface area contributed by atoms with Crippen molar-refractivity contribution in [3.05, 3.63) is 76.9 Å². The Morgan fingerprint density at radius 3 is 2.60 bits per heavy atom. The first-order valence-corrected chi connectivity index (χ1v) is 14.4. The molecule has 6 rings (SSSR count). The minimum atomic E-state index is -3.14. The molecule has 2 aliphatic rings. The van der Waals surface area contributed by atoms with Crippen LogP contribution in [0, 0.1) is 17.1 Å². The second-order valence-corrected chi connectivity index (χ2v) is 10.7. The van der Waals surface area contributed by atoms with Crippen LogP contribution < -0.4 is 14.4 Å². The van der Waals surface area contributed by atoms with E-state index in [1.165, 1.54) is 24.3 Å². The number of carboxylic acids is 1. The molecule has 0 bridgehead atoms. The highest BCUT2D eigenvalue weighted by Crippen LogP contribution is 2.32. The molecule has 0 saturated carbocycles. The number of piperazine rings is 1. The molecule has 2 fully saturated rings. The minimum Gasteiger partial charge on any atom is -0.478 e. The number of anilines is 1. The smallest absolute Gasteiger partial charge is 0.387 e. The third kappa shape index (κ3) is 6.79. The van der Waals surface area contributed by atoms with E-state index < -0.39 is 18.4 Å². The number of carboxylic acid groups (broad SMARTS) is 1. The average Bonchev–Trinajstić information content (AvgIpc) is 3.35. The number of benzene rings is 2. The van der Waals surface area contributed by atoms with Gasteiger partial charge in [0.25, 0.3) is 0 Å². The van der Waals surface area contributed by atoms with Crippen LogP contribution in [0.5, 0.6) is 11.6 Å². The summed E-state index contributed by atoms with van der Waals surface area (Å²) in [5.41, 5.74) is 0.955. The van der Waals surface area contributed by atoms with E-state index in [0.717, 1.165) is 12.5 Å². The van der Waals surface area contributed by atoms with E-state index in [2.05, 4.69) is 24.5 Å². The van der Waals surface area contributed by atoms with Crippen molar-refractivity contribution in [2.75, 3.05) is 37.7 Å². The lowest BCUT2D eigenvalue weighted by atomic mass is 10.1. The Balaban J connectivity index is 1.15. The van der Waals surface area contributed by atoms with Gasteiger partial charge in [-0.25, -0.2) is 14.2 Å². The van der Waals surface area contributed by atoms with Gasteiger partial charge in [0.05, 0.1) is 41.9 Å². The zero-order chi connectivity index (χ0) is 31.5. The van der Waals surface area contributed by atoms with E-state index in [4.69, 9.17) is 14.7 Å². The first-order valence-electron chi connectivity index (χ1n) is 14.4. The van der Waals surface area contributed by atoms with Gasteiger partial charge in [-0.1, -0.05) is 12.1 Å². The van der Waals surface area contributed by atoms with Gasteiger partial charge in [0.1, 0.15) is 29.6 Å². The lowest BCUT2D eigenvalue weighted by molar-refractivity contribution is -0.0592. The van der Waals surface area contributed by atoms with Crippen molar-refractivity contribution in [1.29, 1.82) is 5.26 Å². The van der Waals surface area contributed by atoms with E-state index in [1.807, 2.05) is 22.8 Å². The quantitative estimate of drug-likeness (QED) is 0.257. The van der Waals surface area contributed by atoms with Crippen molar-refractivity contribution in [2.24, 2.45) is 0 Å². The monoisotopic (exact) mass is 622 g/mol. The van der Waals surface area contributed by atoms with Gasteiger partial charge in [-0.05, 0) is 36.8 Å². The van der Waals surface area contributed by atoms with Crippen LogP contribution in [-0.2, 0) is 24.4 Å². The van der Waals surface area contributed by atoms with Gasteiger partial charge in [-0.3, -0.25) is 4.90 Å². The van der Waals surface area contributed by atoms with Gasteiger partial charge in [0, 0.05) is 44.4 Å². The lowest BCUT2D eigenvalue weighted by Crippen LogP contribution is -2.46. The van der Waals surface area contributed by atoms with E-state index in [-0.39, 0.29) is 35.1 Å². The topological polar surface area (TPSA) is 126 Å². The number of hydrogen-bond donors (Lipinski definition) is 1. The standard InChI is InChI=1S/C31H29F3N6O5/c32-23-12-19(15-35)4-5-20(23)18-44-28-3-1-2-26(36-28)39-9-7-38(8-10-39)17-27-37-29-24(40(27)16-22-6-11-43-22)13-21(30(41)42)14-25(29)45-31(33)34/h1-5,12-14,22,31H,6-11,16-18H2,(H,41,42)/t22-/m0/s1. The summed E-state index contributed by atoms with van der Waals surface area (Å²) in [6.45, 7) is 0.827. The Morgan fingerprint density at radius 1 is 1.13 bits per heavy atom. The van der Waals surface area contributed by atoms with Crippen LogP contribution in [0.3, 0.4) is 0 Å². The summed E-state index contributed by atoms with van der Waals surface area (Å²) in [5, 5.41) is 18.5. The Hall–Kier alpha value is -4.87. The zero-order valence-electron chi connectivity index (χ0n) is 24.0. The predicted molar refractivity (Wildman–Crippen MR) is 155 cm³/mol. The Labute approximate surface area is 256 Å². The number of aromatic nitrogens is 3. The third-order valence-corrected chi connectivity index (χ3v) is 7.87. The zero-order valence-corrected chi connectivity index (χ0v) is 24.0. The summed E-state index contributed by atoms with van der Waals surface area (Å²) in [6.07, 6.45) is 0.745. The van der Waals surface area contributed by atoms with Crippen LogP contribution in [-0.4, -0.2) is 76.0 Å². The number of rotatable bonds is 11. The number of ether oxygens (including phenoxy) is 3. The fourth-order valence-electron chi connectivity index (χ4n) is 5.39. The molecule has 2 saturated heterocycles. The van der Waals surface area contributed by atoms with E-state index >= 15 is 0 Å². The van der Waals surface area contributed by atoms with Gasteiger partial charge in [-0.15, -0.1) is 0 Å². The number of aromatic carboxylic acids is 1. The summed E-state index contributed by atoms with van der Waals surface area (Å²) in [5.74, 6) is -0.417. The molecule has 0 spiro atoms. The summed E-state index contributed by atoms with van der Waals surface area (Å²) < 4.78 is 58.6.